The molecule has 1 aliphatic carbocycles. The molecule has 0 amide bonds. The Kier molecular flexibility index (Phi) is 3.80. The van der Waals surface area contributed by atoms with Crippen LogP contribution >= 0.6 is 0 Å². The van der Waals surface area contributed by atoms with Crippen LogP contribution < -0.4 is 16.0 Å². The van der Waals surface area contributed by atoms with Gasteiger partial charge in [0.05, 0.1) is 7.11 Å². The van der Waals surface area contributed by atoms with Gasteiger partial charge in [0, 0.05) is 6.04 Å². The fourth-order valence-electron chi connectivity index (χ4n) is 2.20. The highest BCUT2D eigenvalue weighted by molar-refractivity contribution is 5.29. The van der Waals surface area contributed by atoms with Crippen molar-refractivity contribution in [2.45, 2.75) is 31.7 Å². The number of nitrogens with one attached hydrogen (secondary N) is 1. The van der Waals surface area contributed by atoms with Crippen molar-refractivity contribution in [3.05, 3.63) is 29.8 Å². The predicted octanol–water partition coefficient (Wildman–Crippen LogP) is 2.39. The summed E-state index contributed by atoms with van der Waals surface area (Å²) >= 11 is 0. The van der Waals surface area contributed by atoms with E-state index >= 15 is 0 Å². The van der Waals surface area contributed by atoms with Gasteiger partial charge in [-0.3, -0.25) is 11.3 Å². The molecule has 0 aromatic heterocycles. The third-order valence-corrected chi connectivity index (χ3v) is 3.51. The van der Waals surface area contributed by atoms with Crippen LogP contribution in [0.25, 0.3) is 0 Å². The highest BCUT2D eigenvalue weighted by Crippen LogP contribution is 2.34. The van der Waals surface area contributed by atoms with E-state index < -0.39 is 0 Å². The van der Waals surface area contributed by atoms with Crippen molar-refractivity contribution in [2.75, 3.05) is 7.11 Å². The van der Waals surface area contributed by atoms with Gasteiger partial charge in [-0.25, -0.2) is 0 Å². The van der Waals surface area contributed by atoms with Crippen LogP contribution in [0, 0.1) is 5.92 Å². The summed E-state index contributed by atoms with van der Waals surface area (Å²) in [5.74, 6) is 7.36. The summed E-state index contributed by atoms with van der Waals surface area (Å²) in [7, 11) is 1.68. The zero-order valence-electron chi connectivity index (χ0n) is 9.78. The van der Waals surface area contributed by atoms with Crippen LogP contribution in [0.3, 0.4) is 0 Å². The Morgan fingerprint density at radius 2 is 2.06 bits per heavy atom. The molecule has 2 rings (SSSR count). The minimum Gasteiger partial charge on any atom is -0.497 e. The number of hydrogen-bond acceptors (Lipinski definition) is 3. The molecule has 16 heavy (non-hydrogen) atoms. The van der Waals surface area contributed by atoms with E-state index in [1.807, 2.05) is 12.1 Å². The van der Waals surface area contributed by atoms with Crippen molar-refractivity contribution in [2.24, 2.45) is 11.8 Å². The van der Waals surface area contributed by atoms with Gasteiger partial charge in [-0.1, -0.05) is 31.4 Å². The molecule has 1 saturated carbocycles. The van der Waals surface area contributed by atoms with E-state index in [9.17, 15) is 0 Å². The molecule has 1 aromatic carbocycles. The lowest BCUT2D eigenvalue weighted by Crippen LogP contribution is -2.31. The minimum atomic E-state index is 0.274. The number of nitrogens with two attached hydrogens (primary N) is 1. The standard InChI is InChI=1S/C13H20N2O/c1-16-12-7-5-11(6-8-12)13(15-14)9-10-3-2-4-10/h5-8,10,13,15H,2-4,9,14H2,1H3. The Bertz CT molecular complexity index is 319. The zero-order chi connectivity index (χ0) is 11.4. The van der Waals surface area contributed by atoms with Gasteiger partial charge in [0.25, 0.3) is 0 Å². The average Bonchev–Trinajstić information content (AvgIpc) is 2.28. The van der Waals surface area contributed by atoms with Crippen molar-refractivity contribution in [1.29, 1.82) is 0 Å². The van der Waals surface area contributed by atoms with Crippen LogP contribution in [0.15, 0.2) is 24.3 Å². The first kappa shape index (κ1) is 11.4. The molecule has 0 aliphatic heterocycles. The maximum absolute atomic E-state index is 5.62. The molecule has 0 heterocycles. The quantitative estimate of drug-likeness (QED) is 0.591. The normalized spacial score (nSPS) is 17.9. The van der Waals surface area contributed by atoms with Gasteiger partial charge in [0.1, 0.15) is 5.75 Å². The maximum Gasteiger partial charge on any atom is 0.118 e. The van der Waals surface area contributed by atoms with Crippen molar-refractivity contribution >= 4 is 0 Å². The van der Waals surface area contributed by atoms with Gasteiger partial charge in [-0.2, -0.15) is 0 Å². The lowest BCUT2D eigenvalue weighted by Gasteiger charge is -2.29. The second kappa shape index (κ2) is 5.32. The summed E-state index contributed by atoms with van der Waals surface area (Å²) in [4.78, 5) is 0. The van der Waals surface area contributed by atoms with E-state index in [1.54, 1.807) is 7.11 Å². The van der Waals surface area contributed by atoms with Crippen molar-refractivity contribution in [3.8, 4) is 5.75 Å². The molecule has 1 atom stereocenters. The van der Waals surface area contributed by atoms with E-state index in [0.29, 0.717) is 0 Å². The molecular weight excluding hydrogens is 200 g/mol. The molecule has 1 aliphatic rings. The summed E-state index contributed by atoms with van der Waals surface area (Å²) in [6.45, 7) is 0. The van der Waals surface area contributed by atoms with E-state index in [-0.39, 0.29) is 6.04 Å². The number of ether oxygens (including phenoxy) is 1. The van der Waals surface area contributed by atoms with E-state index in [4.69, 9.17) is 10.6 Å². The van der Waals surface area contributed by atoms with E-state index in [2.05, 4.69) is 17.6 Å². The van der Waals surface area contributed by atoms with Crippen LogP contribution in [0.1, 0.15) is 37.3 Å². The highest BCUT2D eigenvalue weighted by Gasteiger charge is 2.22. The summed E-state index contributed by atoms with van der Waals surface area (Å²) in [6, 6.07) is 8.42. The Morgan fingerprint density at radius 3 is 2.50 bits per heavy atom. The van der Waals surface area contributed by atoms with Gasteiger partial charge in [-0.15, -0.1) is 0 Å². The minimum absolute atomic E-state index is 0.274. The van der Waals surface area contributed by atoms with Crippen molar-refractivity contribution in [1.82, 2.24) is 5.43 Å². The Morgan fingerprint density at radius 1 is 1.38 bits per heavy atom. The molecular formula is C13H20N2O. The monoisotopic (exact) mass is 220 g/mol. The Labute approximate surface area is 97.0 Å². The third-order valence-electron chi connectivity index (χ3n) is 3.51. The lowest BCUT2D eigenvalue weighted by molar-refractivity contribution is 0.262. The molecule has 0 bridgehead atoms. The number of benzene rings is 1. The molecule has 3 nitrogen and oxygen atoms in total. The van der Waals surface area contributed by atoms with E-state index in [0.717, 1.165) is 18.1 Å². The SMILES string of the molecule is COc1ccc(C(CC2CCC2)NN)cc1. The third kappa shape index (κ3) is 2.54. The number of rotatable bonds is 5. The van der Waals surface area contributed by atoms with Crippen LogP contribution in [-0.2, 0) is 0 Å². The molecule has 3 heteroatoms. The predicted molar refractivity (Wildman–Crippen MR) is 65.0 cm³/mol. The maximum atomic E-state index is 5.62. The topological polar surface area (TPSA) is 47.3 Å². The largest absolute Gasteiger partial charge is 0.497 e. The zero-order valence-corrected chi connectivity index (χ0v) is 9.78. The first-order chi connectivity index (χ1) is 7.83. The molecule has 1 aromatic rings. The van der Waals surface area contributed by atoms with Crippen LogP contribution in [0.5, 0.6) is 5.75 Å². The van der Waals surface area contributed by atoms with Gasteiger partial charge >= 0.3 is 0 Å². The van der Waals surface area contributed by atoms with Crippen LogP contribution in [0.2, 0.25) is 0 Å². The van der Waals surface area contributed by atoms with Gasteiger partial charge in [-0.05, 0) is 30.0 Å². The highest BCUT2D eigenvalue weighted by atomic mass is 16.5. The van der Waals surface area contributed by atoms with Gasteiger partial charge in [0.2, 0.25) is 0 Å². The second-order valence-electron chi connectivity index (χ2n) is 4.53. The number of hydrazine groups is 1. The first-order valence-corrected chi connectivity index (χ1v) is 5.93. The molecule has 0 saturated heterocycles. The fourth-order valence-corrected chi connectivity index (χ4v) is 2.20. The first-order valence-electron chi connectivity index (χ1n) is 5.93. The molecule has 88 valence electrons. The van der Waals surface area contributed by atoms with Gasteiger partial charge in [0.15, 0.2) is 0 Å². The van der Waals surface area contributed by atoms with E-state index in [1.165, 1.54) is 24.8 Å². The van der Waals surface area contributed by atoms with Crippen molar-refractivity contribution < 1.29 is 4.74 Å². The summed E-state index contributed by atoms with van der Waals surface area (Å²) < 4.78 is 5.14. The lowest BCUT2D eigenvalue weighted by atomic mass is 9.80. The number of hydrogen-bond donors (Lipinski definition) is 2. The smallest absolute Gasteiger partial charge is 0.118 e. The molecule has 0 spiro atoms. The van der Waals surface area contributed by atoms with Gasteiger partial charge < -0.3 is 4.74 Å². The second-order valence-corrected chi connectivity index (χ2v) is 4.53. The number of methoxy groups -OCH3 is 1. The summed E-state index contributed by atoms with van der Waals surface area (Å²) in [6.07, 6.45) is 5.23. The Balaban J connectivity index is 2.00. The molecule has 1 unspecified atom stereocenters. The van der Waals surface area contributed by atoms with Crippen molar-refractivity contribution in [3.63, 3.8) is 0 Å². The summed E-state index contributed by atoms with van der Waals surface area (Å²) in [5, 5.41) is 0. The van der Waals surface area contributed by atoms with Crippen LogP contribution in [-0.4, -0.2) is 7.11 Å². The Hall–Kier alpha value is -1.06. The average molecular weight is 220 g/mol. The summed E-state index contributed by atoms with van der Waals surface area (Å²) in [5.41, 5.74) is 4.16. The molecule has 3 N–H and O–H groups in total. The molecule has 1 fully saturated rings. The fraction of sp³-hybridized carbons (Fsp3) is 0.538. The molecule has 0 radical (unpaired) electrons. The van der Waals surface area contributed by atoms with Crippen LogP contribution in [0.4, 0.5) is 0 Å².